The fraction of sp³-hybridized carbons (Fsp3) is 0.400. The summed E-state index contributed by atoms with van der Waals surface area (Å²) < 4.78 is 10.3. The molecule has 1 atom stereocenters. The minimum absolute atomic E-state index is 0. The number of nitro benzene ring substituents is 1. The predicted octanol–water partition coefficient (Wildman–Crippen LogP) is 3.31. The van der Waals surface area contributed by atoms with Crippen molar-refractivity contribution in [3.05, 3.63) is 62.5 Å². The zero-order chi connectivity index (χ0) is 21.0. The number of carbonyl (C=O) groups excluding carboxylic acids is 2. The minimum Gasteiger partial charge on any atom is -0.466 e. The summed E-state index contributed by atoms with van der Waals surface area (Å²) in [5, 5.41) is 14.6. The van der Waals surface area contributed by atoms with Gasteiger partial charge in [0.05, 0.1) is 35.7 Å². The van der Waals surface area contributed by atoms with E-state index in [1.807, 2.05) is 13.8 Å². The third kappa shape index (κ3) is 5.17. The van der Waals surface area contributed by atoms with Crippen LogP contribution < -0.4 is 5.32 Å². The maximum atomic E-state index is 12.9. The summed E-state index contributed by atoms with van der Waals surface area (Å²) in [6.07, 6.45) is 0. The van der Waals surface area contributed by atoms with Gasteiger partial charge in [0.25, 0.3) is 5.69 Å². The third-order valence-corrected chi connectivity index (χ3v) is 4.38. The van der Waals surface area contributed by atoms with E-state index in [4.69, 9.17) is 9.47 Å². The zero-order valence-corrected chi connectivity index (χ0v) is 18.1. The lowest BCUT2D eigenvalue weighted by Gasteiger charge is -2.30. The Balaban J connectivity index is 0.00000420. The third-order valence-electron chi connectivity index (χ3n) is 4.38. The molecule has 0 aromatic heterocycles. The summed E-state index contributed by atoms with van der Waals surface area (Å²) >= 11 is 0. The van der Waals surface area contributed by atoms with E-state index < -0.39 is 22.8 Å². The maximum Gasteiger partial charge on any atom is 0.336 e. The highest BCUT2D eigenvalue weighted by Crippen LogP contribution is 2.42. The molecular weight excluding hydrogens is 396 g/mol. The minimum atomic E-state index is -0.977. The number of rotatable bonds is 6. The van der Waals surface area contributed by atoms with Crippen molar-refractivity contribution >= 4 is 31.1 Å². The van der Waals surface area contributed by atoms with Crippen molar-refractivity contribution in [2.24, 2.45) is 5.92 Å². The number of nitrogens with zero attached hydrogens (tertiary/aromatic N) is 1. The van der Waals surface area contributed by atoms with Crippen LogP contribution in [0.2, 0.25) is 0 Å². The van der Waals surface area contributed by atoms with Crippen LogP contribution >= 0.6 is 13.5 Å². The number of hydrogen-bond acceptors (Lipinski definition) is 7. The lowest BCUT2D eigenvalue weighted by atomic mass is 9.79. The van der Waals surface area contributed by atoms with Crippen LogP contribution in [0.25, 0.3) is 0 Å². The lowest BCUT2D eigenvalue weighted by molar-refractivity contribution is -0.385. The Morgan fingerprint density at radius 3 is 2.21 bits per heavy atom. The van der Waals surface area contributed by atoms with Crippen LogP contribution in [0.1, 0.15) is 39.2 Å². The van der Waals surface area contributed by atoms with Crippen LogP contribution in [0.15, 0.2) is 46.8 Å². The Bertz CT molecular complexity index is 875. The molecule has 0 radical (unpaired) electrons. The molecule has 9 heteroatoms. The van der Waals surface area contributed by atoms with Gasteiger partial charge in [0.15, 0.2) is 0 Å². The van der Waals surface area contributed by atoms with Gasteiger partial charge in [-0.05, 0) is 19.8 Å². The largest absolute Gasteiger partial charge is 0.466 e. The maximum absolute atomic E-state index is 12.9. The number of para-hydroxylation sites is 1. The Morgan fingerprint density at radius 2 is 1.69 bits per heavy atom. The highest BCUT2D eigenvalue weighted by atomic mass is 32.1. The fourth-order valence-electron chi connectivity index (χ4n) is 3.17. The van der Waals surface area contributed by atoms with Gasteiger partial charge in [-0.25, -0.2) is 9.59 Å². The number of ether oxygens (including phenoxy) is 2. The first-order valence-electron chi connectivity index (χ1n) is 8.86. The zero-order valence-electron chi connectivity index (χ0n) is 17.1. The number of nitrogens with one attached hydrogen (secondary N) is 1. The van der Waals surface area contributed by atoms with E-state index in [1.54, 1.807) is 19.9 Å². The Labute approximate surface area is 176 Å². The highest BCUT2D eigenvalue weighted by molar-refractivity contribution is 7.59. The molecule has 1 aromatic rings. The number of carbonyl (C=O) groups is 2. The van der Waals surface area contributed by atoms with Crippen molar-refractivity contribution in [1.29, 1.82) is 0 Å². The van der Waals surface area contributed by atoms with Crippen molar-refractivity contribution in [1.82, 2.24) is 5.32 Å². The van der Waals surface area contributed by atoms with Gasteiger partial charge in [0, 0.05) is 23.0 Å². The van der Waals surface area contributed by atoms with E-state index in [0.29, 0.717) is 11.4 Å². The molecule has 0 fully saturated rings. The first kappa shape index (κ1) is 24.2. The normalized spacial score (nSPS) is 16.1. The van der Waals surface area contributed by atoms with Crippen LogP contribution in [0, 0.1) is 16.0 Å². The topological polar surface area (TPSA) is 108 Å². The van der Waals surface area contributed by atoms with Crippen molar-refractivity contribution in [2.75, 3.05) is 13.7 Å². The lowest BCUT2D eigenvalue weighted by Crippen LogP contribution is -2.32. The standard InChI is InChI=1S/C20H24N2O6.H2S/c1-11(2)10-28-20(24)17-13(4)21-12(3)16(19(23)27-5)18(17)14-8-6-7-9-15(14)22(25)26;/h6-9,11,18,21H,10H2,1-5H3;1H2. The van der Waals surface area contributed by atoms with Crippen LogP contribution in [0.5, 0.6) is 0 Å². The highest BCUT2D eigenvalue weighted by Gasteiger charge is 2.40. The summed E-state index contributed by atoms with van der Waals surface area (Å²) in [6.45, 7) is 7.32. The number of allylic oxidation sites excluding steroid dienone is 2. The fourth-order valence-corrected chi connectivity index (χ4v) is 3.17. The van der Waals surface area contributed by atoms with Crippen molar-refractivity contribution < 1.29 is 24.0 Å². The first-order chi connectivity index (χ1) is 13.2. The molecule has 0 saturated heterocycles. The average Bonchev–Trinajstić information content (AvgIpc) is 2.64. The van der Waals surface area contributed by atoms with Crippen molar-refractivity contribution in [3.8, 4) is 0 Å². The average molecular weight is 423 g/mol. The summed E-state index contributed by atoms with van der Waals surface area (Å²) in [7, 11) is 1.22. The van der Waals surface area contributed by atoms with Gasteiger partial charge in [-0.15, -0.1) is 0 Å². The summed E-state index contributed by atoms with van der Waals surface area (Å²) in [5.74, 6) is -2.16. The molecule has 158 valence electrons. The van der Waals surface area contributed by atoms with Gasteiger partial charge in [0.2, 0.25) is 0 Å². The predicted molar refractivity (Wildman–Crippen MR) is 113 cm³/mol. The molecule has 1 aromatic carbocycles. The molecule has 1 unspecified atom stereocenters. The molecule has 1 aliphatic heterocycles. The number of esters is 2. The van der Waals surface area contributed by atoms with Gasteiger partial charge < -0.3 is 14.8 Å². The van der Waals surface area contributed by atoms with E-state index in [-0.39, 0.29) is 48.4 Å². The number of benzene rings is 1. The van der Waals surface area contributed by atoms with Gasteiger partial charge in [-0.2, -0.15) is 13.5 Å². The molecule has 2 rings (SSSR count). The van der Waals surface area contributed by atoms with Gasteiger partial charge in [0.1, 0.15) is 0 Å². The monoisotopic (exact) mass is 422 g/mol. The molecule has 1 aliphatic rings. The number of methoxy groups -OCH3 is 1. The number of nitro groups is 1. The Hall–Kier alpha value is -2.81. The molecule has 0 amide bonds. The van der Waals surface area contributed by atoms with E-state index >= 15 is 0 Å². The quantitative estimate of drug-likeness (QED) is 0.426. The molecule has 8 nitrogen and oxygen atoms in total. The molecule has 0 spiro atoms. The van der Waals surface area contributed by atoms with Crippen LogP contribution in [0.3, 0.4) is 0 Å². The summed E-state index contributed by atoms with van der Waals surface area (Å²) in [4.78, 5) is 36.5. The Kier molecular flexibility index (Phi) is 8.44. The second-order valence-corrected chi connectivity index (χ2v) is 6.94. The SMILES string of the molecule is COC(=O)C1=C(C)NC(C)=C(C(=O)OCC(C)C)C1c1ccccc1[N+](=O)[O-].S. The second-order valence-electron chi connectivity index (χ2n) is 6.94. The van der Waals surface area contributed by atoms with E-state index in [0.717, 1.165) is 0 Å². The number of hydrogen-bond donors (Lipinski definition) is 1. The smallest absolute Gasteiger partial charge is 0.336 e. The molecule has 0 saturated carbocycles. The van der Waals surface area contributed by atoms with E-state index in [9.17, 15) is 19.7 Å². The van der Waals surface area contributed by atoms with Gasteiger partial charge >= 0.3 is 11.9 Å². The number of dihydropyridines is 1. The van der Waals surface area contributed by atoms with Crippen LogP contribution in [-0.2, 0) is 19.1 Å². The second kappa shape index (κ2) is 10.1. The van der Waals surface area contributed by atoms with Crippen LogP contribution in [-0.4, -0.2) is 30.6 Å². The summed E-state index contributed by atoms with van der Waals surface area (Å²) in [6, 6.07) is 6.03. The van der Waals surface area contributed by atoms with Gasteiger partial charge in [-0.3, -0.25) is 10.1 Å². The molecular formula is C20H26N2O6S. The molecule has 1 N–H and O–H groups in total. The Morgan fingerprint density at radius 1 is 1.14 bits per heavy atom. The van der Waals surface area contributed by atoms with Gasteiger partial charge in [-0.1, -0.05) is 32.0 Å². The van der Waals surface area contributed by atoms with Crippen molar-refractivity contribution in [3.63, 3.8) is 0 Å². The molecule has 1 heterocycles. The molecule has 29 heavy (non-hydrogen) atoms. The van der Waals surface area contributed by atoms with Crippen molar-refractivity contribution in [2.45, 2.75) is 33.6 Å². The molecule has 0 aliphatic carbocycles. The summed E-state index contributed by atoms with van der Waals surface area (Å²) in [5.41, 5.74) is 1.27. The van der Waals surface area contributed by atoms with E-state index in [1.165, 1.54) is 25.3 Å². The molecule has 0 bridgehead atoms. The first-order valence-corrected chi connectivity index (χ1v) is 8.86. The van der Waals surface area contributed by atoms with Crippen LogP contribution in [0.4, 0.5) is 5.69 Å². The van der Waals surface area contributed by atoms with E-state index in [2.05, 4.69) is 5.32 Å².